The molecule has 1 aliphatic heterocycles. The highest BCUT2D eigenvalue weighted by Gasteiger charge is 2.27. The highest BCUT2D eigenvalue weighted by molar-refractivity contribution is 7.90. The molecule has 1 heterocycles. The van der Waals surface area contributed by atoms with Gasteiger partial charge in [-0.05, 0) is 42.5 Å². The Balaban J connectivity index is 1.67. The second-order valence-corrected chi connectivity index (χ2v) is 10.7. The Hall–Kier alpha value is -2.80. The number of sulfone groups is 1. The maximum absolute atomic E-state index is 12.7. The summed E-state index contributed by atoms with van der Waals surface area (Å²) in [6.45, 7) is 1.06. The number of hydrogen-bond donors (Lipinski definition) is 2. The lowest BCUT2D eigenvalue weighted by atomic mass is 10.2. The number of amides is 2. The second-order valence-electron chi connectivity index (χ2n) is 6.75. The molecule has 31 heavy (non-hydrogen) atoms. The van der Waals surface area contributed by atoms with E-state index in [1.54, 1.807) is 0 Å². The molecule has 0 aliphatic carbocycles. The van der Waals surface area contributed by atoms with Gasteiger partial charge in [0.15, 0.2) is 9.84 Å². The van der Waals surface area contributed by atoms with Crippen molar-refractivity contribution in [3.8, 4) is 0 Å². The monoisotopic (exact) mass is 467 g/mol. The van der Waals surface area contributed by atoms with E-state index in [0.717, 1.165) is 6.26 Å². The molecule has 0 aromatic heterocycles. The van der Waals surface area contributed by atoms with E-state index < -0.39 is 31.7 Å². The van der Waals surface area contributed by atoms with Crippen LogP contribution in [-0.2, 0) is 24.6 Å². The van der Waals surface area contributed by atoms with Crippen molar-refractivity contribution in [1.82, 2.24) is 15.2 Å². The lowest BCUT2D eigenvalue weighted by Gasteiger charge is -2.26. The molecule has 2 aromatic rings. The van der Waals surface area contributed by atoms with Gasteiger partial charge in [0.2, 0.25) is 10.0 Å². The number of ether oxygens (including phenoxy) is 1. The molecule has 1 fully saturated rings. The Morgan fingerprint density at radius 2 is 1.42 bits per heavy atom. The van der Waals surface area contributed by atoms with Crippen LogP contribution in [0.4, 0.5) is 0 Å². The van der Waals surface area contributed by atoms with Gasteiger partial charge in [-0.3, -0.25) is 20.4 Å². The number of carbonyl (C=O) groups excluding carboxylic acids is 2. The van der Waals surface area contributed by atoms with Crippen molar-refractivity contribution >= 4 is 31.7 Å². The second kappa shape index (κ2) is 9.14. The van der Waals surface area contributed by atoms with Crippen molar-refractivity contribution in [3.05, 3.63) is 59.7 Å². The number of benzene rings is 2. The minimum Gasteiger partial charge on any atom is -0.379 e. The predicted octanol–water partition coefficient (Wildman–Crippen LogP) is 0.186. The van der Waals surface area contributed by atoms with Gasteiger partial charge >= 0.3 is 0 Å². The molecule has 0 saturated carbocycles. The van der Waals surface area contributed by atoms with Crippen molar-refractivity contribution in [1.29, 1.82) is 0 Å². The highest BCUT2D eigenvalue weighted by atomic mass is 32.2. The van der Waals surface area contributed by atoms with Crippen molar-refractivity contribution in [2.75, 3.05) is 32.6 Å². The molecule has 3 rings (SSSR count). The van der Waals surface area contributed by atoms with Crippen LogP contribution in [0.1, 0.15) is 20.7 Å². The maximum Gasteiger partial charge on any atom is 0.269 e. The van der Waals surface area contributed by atoms with Crippen LogP contribution in [0.3, 0.4) is 0 Å². The summed E-state index contributed by atoms with van der Waals surface area (Å²) in [5.41, 5.74) is 4.61. The Morgan fingerprint density at radius 3 is 2.00 bits per heavy atom. The zero-order valence-corrected chi connectivity index (χ0v) is 18.2. The smallest absolute Gasteiger partial charge is 0.269 e. The van der Waals surface area contributed by atoms with Crippen molar-refractivity contribution in [3.63, 3.8) is 0 Å². The number of hydrogen-bond acceptors (Lipinski definition) is 7. The molecule has 2 amide bonds. The minimum atomic E-state index is -3.77. The molecule has 10 nitrogen and oxygen atoms in total. The van der Waals surface area contributed by atoms with Gasteiger partial charge in [0.05, 0.1) is 23.0 Å². The van der Waals surface area contributed by atoms with Crippen LogP contribution in [0.2, 0.25) is 0 Å². The standard InChI is InChI=1S/C19H21N3O7S2/c1-30(25,26)16-7-5-14(6-8-16)18(23)20-21-19(24)15-3-2-4-17(13-15)31(27,28)22-9-11-29-12-10-22/h2-8,13H,9-12H2,1H3,(H,20,23)(H,21,24). The van der Waals surface area contributed by atoms with Gasteiger partial charge < -0.3 is 4.74 Å². The number of nitrogens with one attached hydrogen (secondary N) is 2. The molecule has 1 aliphatic rings. The highest BCUT2D eigenvalue weighted by Crippen LogP contribution is 2.18. The molecular weight excluding hydrogens is 446 g/mol. The number of nitrogens with zero attached hydrogens (tertiary/aromatic N) is 1. The van der Waals surface area contributed by atoms with Crippen molar-refractivity contribution in [2.45, 2.75) is 9.79 Å². The number of sulfonamides is 1. The van der Waals surface area contributed by atoms with E-state index in [-0.39, 0.29) is 34.0 Å². The first-order valence-electron chi connectivity index (χ1n) is 9.18. The topological polar surface area (TPSA) is 139 Å². The van der Waals surface area contributed by atoms with Crippen LogP contribution in [0.15, 0.2) is 58.3 Å². The first-order chi connectivity index (χ1) is 14.6. The van der Waals surface area contributed by atoms with E-state index in [4.69, 9.17) is 4.74 Å². The minimum absolute atomic E-state index is 0.0373. The van der Waals surface area contributed by atoms with Crippen molar-refractivity contribution in [2.24, 2.45) is 0 Å². The fourth-order valence-corrected chi connectivity index (χ4v) is 4.93. The van der Waals surface area contributed by atoms with Gasteiger partial charge in [-0.1, -0.05) is 6.07 Å². The average molecular weight is 468 g/mol. The Labute approximate surface area is 180 Å². The molecule has 0 spiro atoms. The van der Waals surface area contributed by atoms with Crippen molar-refractivity contribution < 1.29 is 31.2 Å². The van der Waals surface area contributed by atoms with Gasteiger partial charge in [0.1, 0.15) is 0 Å². The molecular formula is C19H21N3O7S2. The summed E-state index contributed by atoms with van der Waals surface area (Å²) >= 11 is 0. The molecule has 2 aromatic carbocycles. The van der Waals surface area contributed by atoms with E-state index >= 15 is 0 Å². The van der Waals surface area contributed by atoms with E-state index in [2.05, 4.69) is 10.9 Å². The molecule has 2 N–H and O–H groups in total. The first kappa shape index (κ1) is 22.9. The van der Waals surface area contributed by atoms with Gasteiger partial charge in [-0.15, -0.1) is 0 Å². The number of hydrazine groups is 1. The van der Waals surface area contributed by atoms with Gasteiger partial charge in [-0.2, -0.15) is 4.31 Å². The van der Waals surface area contributed by atoms with Crippen LogP contribution in [0, 0.1) is 0 Å². The van der Waals surface area contributed by atoms with Crippen LogP contribution in [-0.4, -0.2) is 65.5 Å². The maximum atomic E-state index is 12.7. The van der Waals surface area contributed by atoms with Crippen LogP contribution >= 0.6 is 0 Å². The van der Waals surface area contributed by atoms with Gasteiger partial charge in [0.25, 0.3) is 11.8 Å². The molecule has 0 radical (unpaired) electrons. The predicted molar refractivity (Wildman–Crippen MR) is 111 cm³/mol. The summed E-state index contributed by atoms with van der Waals surface area (Å²) in [5.74, 6) is -1.37. The van der Waals surface area contributed by atoms with Crippen LogP contribution in [0.5, 0.6) is 0 Å². The molecule has 12 heteroatoms. The third-order valence-electron chi connectivity index (χ3n) is 4.54. The molecule has 0 unspecified atom stereocenters. The lowest BCUT2D eigenvalue weighted by Crippen LogP contribution is -2.42. The van der Waals surface area contributed by atoms with E-state index in [1.165, 1.54) is 52.8 Å². The Kier molecular flexibility index (Phi) is 6.74. The van der Waals surface area contributed by atoms with E-state index in [9.17, 15) is 26.4 Å². The molecule has 0 bridgehead atoms. The largest absolute Gasteiger partial charge is 0.379 e. The third-order valence-corrected chi connectivity index (χ3v) is 7.56. The summed E-state index contributed by atoms with van der Waals surface area (Å²) in [6.07, 6.45) is 1.05. The molecule has 1 saturated heterocycles. The fraction of sp³-hybridized carbons (Fsp3) is 0.263. The van der Waals surface area contributed by atoms with E-state index in [0.29, 0.717) is 13.2 Å². The molecule has 166 valence electrons. The average Bonchev–Trinajstić information content (AvgIpc) is 2.77. The van der Waals surface area contributed by atoms with Gasteiger partial charge in [-0.25, -0.2) is 16.8 Å². The summed E-state index contributed by atoms with van der Waals surface area (Å²) in [7, 11) is -7.16. The Bertz CT molecular complexity index is 1190. The zero-order valence-electron chi connectivity index (χ0n) is 16.6. The van der Waals surface area contributed by atoms with Crippen LogP contribution in [0.25, 0.3) is 0 Å². The number of rotatable bonds is 5. The third kappa shape index (κ3) is 5.47. The Morgan fingerprint density at radius 1 is 0.839 bits per heavy atom. The lowest BCUT2D eigenvalue weighted by molar-refractivity contribution is 0.0730. The van der Waals surface area contributed by atoms with Crippen LogP contribution < -0.4 is 10.9 Å². The number of morpholine rings is 1. The van der Waals surface area contributed by atoms with E-state index in [1.807, 2.05) is 0 Å². The summed E-state index contributed by atoms with van der Waals surface area (Å²) < 4.78 is 54.9. The first-order valence-corrected chi connectivity index (χ1v) is 12.5. The number of carbonyl (C=O) groups is 2. The fourth-order valence-electron chi connectivity index (χ4n) is 2.85. The molecule has 0 atom stereocenters. The summed E-state index contributed by atoms with van der Waals surface area (Å²) in [4.78, 5) is 24.6. The SMILES string of the molecule is CS(=O)(=O)c1ccc(C(=O)NNC(=O)c2cccc(S(=O)(=O)N3CCOCC3)c2)cc1. The normalized spacial score (nSPS) is 15.3. The summed E-state index contributed by atoms with van der Waals surface area (Å²) in [5, 5.41) is 0. The summed E-state index contributed by atoms with van der Waals surface area (Å²) in [6, 6.07) is 10.7. The van der Waals surface area contributed by atoms with Gasteiger partial charge in [0, 0.05) is 30.5 Å². The zero-order chi connectivity index (χ0) is 22.6. The quantitative estimate of drug-likeness (QED) is 0.598.